The molecule has 0 radical (unpaired) electrons. The molecule has 7 nitrogen and oxygen atoms in total. The fraction of sp³-hybridized carbons (Fsp3) is 0.257. The summed E-state index contributed by atoms with van der Waals surface area (Å²) in [6, 6.07) is 26.1. The smallest absolute Gasteiger partial charge is 0.264 e. The molecule has 46 heavy (non-hydrogen) atoms. The molecule has 0 spiro atoms. The molecule has 4 rings (SSSR count). The molecule has 2 amide bonds. The largest absolute Gasteiger partial charge is 0.354 e. The second kappa shape index (κ2) is 16.3. The number of hydrogen-bond acceptors (Lipinski definition) is 4. The predicted molar refractivity (Wildman–Crippen MR) is 186 cm³/mol. The molecular formula is C35H36Cl3N3O4S. The Morgan fingerprint density at radius 2 is 1.50 bits per heavy atom. The van der Waals surface area contributed by atoms with Gasteiger partial charge in [-0.25, -0.2) is 8.42 Å². The number of rotatable bonds is 14. The summed E-state index contributed by atoms with van der Waals surface area (Å²) in [6.07, 6.45) is 1.84. The van der Waals surface area contributed by atoms with Crippen LogP contribution >= 0.6 is 34.8 Å². The van der Waals surface area contributed by atoms with E-state index in [9.17, 15) is 18.0 Å². The number of benzene rings is 4. The Morgan fingerprint density at radius 3 is 2.15 bits per heavy atom. The molecule has 4 aromatic carbocycles. The molecule has 0 fully saturated rings. The second-order valence-corrected chi connectivity index (χ2v) is 14.0. The monoisotopic (exact) mass is 699 g/mol. The first-order chi connectivity index (χ1) is 22.0. The lowest BCUT2D eigenvalue weighted by atomic mass is 10.0. The molecule has 4 aromatic rings. The molecule has 1 atom stereocenters. The topological polar surface area (TPSA) is 86.8 Å². The van der Waals surface area contributed by atoms with Gasteiger partial charge in [0.1, 0.15) is 12.6 Å². The summed E-state index contributed by atoms with van der Waals surface area (Å²) in [5.74, 6) is -0.951. The van der Waals surface area contributed by atoms with Gasteiger partial charge in [-0.1, -0.05) is 114 Å². The Balaban J connectivity index is 1.81. The molecule has 242 valence electrons. The highest BCUT2D eigenvalue weighted by molar-refractivity contribution is 7.92. The molecule has 0 bridgehead atoms. The zero-order valence-corrected chi connectivity index (χ0v) is 28.7. The quantitative estimate of drug-likeness (QED) is 0.137. The van der Waals surface area contributed by atoms with Crippen molar-refractivity contribution >= 4 is 62.3 Å². The molecule has 0 aliphatic heterocycles. The summed E-state index contributed by atoms with van der Waals surface area (Å²) in [6.45, 7) is 3.66. The standard InChI is InChI=1S/C35H36Cl3N3O4S/c1-3-4-20-39-35(43)33(21-26-10-6-5-7-11-26)40(23-27-12-8-9-13-30(27)36)34(42)24-41(28-16-19-31(37)32(38)22-28)46(44,45)29-17-14-25(2)15-18-29/h5-19,22,33H,3-4,20-21,23-24H2,1-2H3,(H,39,43)/t33-/m0/s1. The highest BCUT2D eigenvalue weighted by Gasteiger charge is 2.35. The predicted octanol–water partition coefficient (Wildman–Crippen LogP) is 7.71. The average molecular weight is 701 g/mol. The Hall–Kier alpha value is -3.56. The Kier molecular flexibility index (Phi) is 12.5. The number of anilines is 1. The summed E-state index contributed by atoms with van der Waals surface area (Å²) >= 11 is 19.0. The van der Waals surface area contributed by atoms with Crippen molar-refractivity contribution in [2.24, 2.45) is 0 Å². The fourth-order valence-corrected chi connectivity index (χ4v) is 6.77. The molecule has 1 N–H and O–H groups in total. The summed E-state index contributed by atoms with van der Waals surface area (Å²) < 4.78 is 29.3. The van der Waals surface area contributed by atoms with Gasteiger partial charge < -0.3 is 10.2 Å². The van der Waals surface area contributed by atoms with Crippen LogP contribution in [0.15, 0.2) is 102 Å². The van der Waals surface area contributed by atoms with Gasteiger partial charge in [-0.3, -0.25) is 13.9 Å². The highest BCUT2D eigenvalue weighted by atomic mass is 35.5. The van der Waals surface area contributed by atoms with Crippen molar-refractivity contribution in [1.29, 1.82) is 0 Å². The number of nitrogens with zero attached hydrogens (tertiary/aromatic N) is 2. The minimum atomic E-state index is -4.28. The third-order valence-corrected chi connectivity index (χ3v) is 10.4. The van der Waals surface area contributed by atoms with Gasteiger partial charge in [0.2, 0.25) is 11.8 Å². The van der Waals surface area contributed by atoms with Gasteiger partial charge in [-0.2, -0.15) is 0 Å². The lowest BCUT2D eigenvalue weighted by molar-refractivity contribution is -0.140. The SMILES string of the molecule is CCCCNC(=O)[C@H](Cc1ccccc1)N(Cc1ccccc1Cl)C(=O)CN(c1ccc(Cl)c(Cl)c1)S(=O)(=O)c1ccc(C)cc1. The van der Waals surface area contributed by atoms with Gasteiger partial charge in [0.05, 0.1) is 20.6 Å². The van der Waals surface area contributed by atoms with Gasteiger partial charge in [0.25, 0.3) is 10.0 Å². The molecule has 0 aromatic heterocycles. The van der Waals surface area contributed by atoms with E-state index >= 15 is 0 Å². The number of amides is 2. The van der Waals surface area contributed by atoms with E-state index in [2.05, 4.69) is 5.32 Å². The van der Waals surface area contributed by atoms with Crippen molar-refractivity contribution in [3.8, 4) is 0 Å². The van der Waals surface area contributed by atoms with Crippen molar-refractivity contribution in [3.05, 3.63) is 129 Å². The van der Waals surface area contributed by atoms with E-state index in [-0.39, 0.29) is 39.5 Å². The Bertz CT molecular complexity index is 1750. The average Bonchev–Trinajstić information content (AvgIpc) is 3.04. The van der Waals surface area contributed by atoms with Crippen molar-refractivity contribution in [3.63, 3.8) is 0 Å². The van der Waals surface area contributed by atoms with Crippen LogP contribution in [0.2, 0.25) is 15.1 Å². The number of halogens is 3. The minimum absolute atomic E-state index is 0.00669. The normalized spacial score (nSPS) is 11.9. The van der Waals surface area contributed by atoms with Crippen molar-refractivity contribution in [2.75, 3.05) is 17.4 Å². The van der Waals surface area contributed by atoms with Crippen LogP contribution in [-0.2, 0) is 32.6 Å². The molecule has 0 unspecified atom stereocenters. The molecule has 0 aliphatic rings. The van der Waals surface area contributed by atoms with Gasteiger partial charge in [-0.15, -0.1) is 0 Å². The number of unbranched alkanes of at least 4 members (excludes halogenated alkanes) is 1. The summed E-state index contributed by atoms with van der Waals surface area (Å²) in [5.41, 5.74) is 2.47. The van der Waals surface area contributed by atoms with E-state index < -0.39 is 28.5 Å². The second-order valence-electron chi connectivity index (χ2n) is 10.9. The Labute approximate surface area is 286 Å². The summed E-state index contributed by atoms with van der Waals surface area (Å²) in [5, 5.41) is 3.74. The molecule has 0 saturated heterocycles. The van der Waals surface area contributed by atoms with Crippen LogP contribution in [0.25, 0.3) is 0 Å². The number of aryl methyl sites for hydroxylation is 1. The van der Waals surface area contributed by atoms with E-state index in [1.54, 1.807) is 36.4 Å². The van der Waals surface area contributed by atoms with Crippen LogP contribution < -0.4 is 9.62 Å². The van der Waals surface area contributed by atoms with Gasteiger partial charge >= 0.3 is 0 Å². The molecule has 0 heterocycles. The van der Waals surface area contributed by atoms with Crippen molar-refractivity contribution in [2.45, 2.75) is 50.6 Å². The molecular weight excluding hydrogens is 665 g/mol. The van der Waals surface area contributed by atoms with E-state index in [0.717, 1.165) is 28.3 Å². The van der Waals surface area contributed by atoms with Crippen LogP contribution in [0.4, 0.5) is 5.69 Å². The first kappa shape index (κ1) is 35.3. The first-order valence-corrected chi connectivity index (χ1v) is 17.5. The van der Waals surface area contributed by atoms with Crippen LogP contribution in [-0.4, -0.2) is 44.3 Å². The fourth-order valence-electron chi connectivity index (χ4n) is 4.88. The zero-order chi connectivity index (χ0) is 33.3. The van der Waals surface area contributed by atoms with Gasteiger partial charge in [0, 0.05) is 24.5 Å². The highest BCUT2D eigenvalue weighted by Crippen LogP contribution is 2.31. The van der Waals surface area contributed by atoms with E-state index in [1.165, 1.54) is 35.2 Å². The van der Waals surface area contributed by atoms with Crippen LogP contribution in [0.5, 0.6) is 0 Å². The van der Waals surface area contributed by atoms with Crippen LogP contribution in [0.3, 0.4) is 0 Å². The number of sulfonamides is 1. The zero-order valence-electron chi connectivity index (χ0n) is 25.6. The van der Waals surface area contributed by atoms with Crippen molar-refractivity contribution in [1.82, 2.24) is 10.2 Å². The maximum Gasteiger partial charge on any atom is 0.264 e. The minimum Gasteiger partial charge on any atom is -0.354 e. The Morgan fingerprint density at radius 1 is 0.826 bits per heavy atom. The van der Waals surface area contributed by atoms with Gasteiger partial charge in [0.15, 0.2) is 0 Å². The third kappa shape index (κ3) is 9.04. The van der Waals surface area contributed by atoms with Crippen LogP contribution in [0.1, 0.15) is 36.5 Å². The maximum atomic E-state index is 14.5. The van der Waals surface area contributed by atoms with E-state index in [0.29, 0.717) is 17.1 Å². The lowest BCUT2D eigenvalue weighted by Gasteiger charge is -2.34. The van der Waals surface area contributed by atoms with E-state index in [1.807, 2.05) is 44.2 Å². The lowest BCUT2D eigenvalue weighted by Crippen LogP contribution is -2.53. The number of nitrogens with one attached hydrogen (secondary N) is 1. The number of hydrogen-bond donors (Lipinski definition) is 1. The third-order valence-electron chi connectivity index (χ3n) is 7.48. The van der Waals surface area contributed by atoms with Gasteiger partial charge in [-0.05, 0) is 60.9 Å². The molecule has 0 saturated carbocycles. The van der Waals surface area contributed by atoms with Crippen molar-refractivity contribution < 1.29 is 18.0 Å². The summed E-state index contributed by atoms with van der Waals surface area (Å²) in [7, 11) is -4.28. The van der Waals surface area contributed by atoms with E-state index in [4.69, 9.17) is 34.8 Å². The first-order valence-electron chi connectivity index (χ1n) is 14.9. The molecule has 11 heteroatoms. The summed E-state index contributed by atoms with van der Waals surface area (Å²) in [4.78, 5) is 29.8. The number of carbonyl (C=O) groups excluding carboxylic acids is 2. The number of carbonyl (C=O) groups is 2. The molecule has 0 aliphatic carbocycles. The van der Waals surface area contributed by atoms with Crippen LogP contribution in [0, 0.1) is 6.92 Å². The maximum absolute atomic E-state index is 14.5.